The second kappa shape index (κ2) is 8.31. The zero-order valence-corrected chi connectivity index (χ0v) is 11.9. The lowest BCUT2D eigenvalue weighted by Crippen LogP contribution is -2.43. The first-order valence-electron chi connectivity index (χ1n) is 7.58. The van der Waals surface area contributed by atoms with E-state index in [1.54, 1.807) is 0 Å². The number of nitrogens with two attached hydrogens (primary N) is 1. The van der Waals surface area contributed by atoms with E-state index in [1.165, 1.54) is 44.5 Å². The number of hydrogen-bond donors (Lipinski definition) is 2. The van der Waals surface area contributed by atoms with Gasteiger partial charge in [-0.05, 0) is 57.4 Å². The molecule has 0 saturated carbocycles. The molecule has 1 fully saturated rings. The fourth-order valence-electron chi connectivity index (χ4n) is 2.70. The molecule has 0 amide bonds. The summed E-state index contributed by atoms with van der Waals surface area (Å²) in [5.74, 6) is 0. The van der Waals surface area contributed by atoms with Crippen LogP contribution in [-0.4, -0.2) is 43.7 Å². The van der Waals surface area contributed by atoms with E-state index in [-0.39, 0.29) is 0 Å². The van der Waals surface area contributed by atoms with Gasteiger partial charge in [-0.25, -0.2) is 0 Å². The van der Waals surface area contributed by atoms with Gasteiger partial charge in [0.25, 0.3) is 0 Å². The van der Waals surface area contributed by atoms with Crippen LogP contribution in [0.25, 0.3) is 0 Å². The lowest BCUT2D eigenvalue weighted by Gasteiger charge is -2.32. The van der Waals surface area contributed by atoms with Gasteiger partial charge < -0.3 is 16.0 Å². The third kappa shape index (κ3) is 5.31. The molecule has 1 aromatic carbocycles. The van der Waals surface area contributed by atoms with Crippen molar-refractivity contribution >= 4 is 0 Å². The number of likely N-dealkylation sites (tertiary alicyclic amines) is 1. The van der Waals surface area contributed by atoms with Crippen LogP contribution in [0.4, 0.5) is 0 Å². The average molecular weight is 261 g/mol. The number of piperidine rings is 1. The molecule has 3 heteroatoms. The van der Waals surface area contributed by atoms with Gasteiger partial charge in [0.05, 0.1) is 0 Å². The lowest BCUT2D eigenvalue weighted by atomic mass is 10.0. The van der Waals surface area contributed by atoms with Crippen LogP contribution in [0.1, 0.15) is 24.8 Å². The Bertz CT molecular complexity index is 331. The van der Waals surface area contributed by atoms with Gasteiger partial charge in [0.15, 0.2) is 0 Å². The van der Waals surface area contributed by atoms with Crippen molar-refractivity contribution in [1.82, 2.24) is 10.2 Å². The van der Waals surface area contributed by atoms with Crippen LogP contribution in [0.5, 0.6) is 0 Å². The second-order valence-corrected chi connectivity index (χ2v) is 5.45. The number of benzene rings is 1. The van der Waals surface area contributed by atoms with Crippen molar-refractivity contribution in [2.24, 2.45) is 5.73 Å². The Morgan fingerprint density at radius 3 is 2.58 bits per heavy atom. The van der Waals surface area contributed by atoms with Crippen molar-refractivity contribution in [2.45, 2.75) is 31.7 Å². The molecule has 1 aliphatic rings. The predicted octanol–water partition coefficient (Wildman–Crippen LogP) is 1.63. The van der Waals surface area contributed by atoms with Crippen LogP contribution in [0.3, 0.4) is 0 Å². The van der Waals surface area contributed by atoms with E-state index in [9.17, 15) is 0 Å². The van der Waals surface area contributed by atoms with Crippen molar-refractivity contribution in [1.29, 1.82) is 0 Å². The highest BCUT2D eigenvalue weighted by Gasteiger charge is 2.17. The van der Waals surface area contributed by atoms with Gasteiger partial charge >= 0.3 is 0 Å². The highest BCUT2D eigenvalue weighted by Crippen LogP contribution is 2.11. The van der Waals surface area contributed by atoms with Gasteiger partial charge in [0.1, 0.15) is 0 Å². The van der Waals surface area contributed by atoms with E-state index >= 15 is 0 Å². The molecular formula is C16H27N3. The standard InChI is InChI=1S/C16H27N3/c17-10-4-11-18-16-8-13-19(14-9-16)12-7-15-5-2-1-3-6-15/h1-3,5-6,16,18H,4,7-14,17H2. The van der Waals surface area contributed by atoms with E-state index in [4.69, 9.17) is 5.73 Å². The summed E-state index contributed by atoms with van der Waals surface area (Å²) in [6.07, 6.45) is 4.82. The Morgan fingerprint density at radius 2 is 1.89 bits per heavy atom. The molecular weight excluding hydrogens is 234 g/mol. The summed E-state index contributed by atoms with van der Waals surface area (Å²) in [6.45, 7) is 5.52. The first-order valence-corrected chi connectivity index (χ1v) is 7.58. The van der Waals surface area contributed by atoms with Gasteiger partial charge in [-0.3, -0.25) is 0 Å². The highest BCUT2D eigenvalue weighted by atomic mass is 15.1. The SMILES string of the molecule is NCCCNC1CCN(CCc2ccccc2)CC1. The van der Waals surface area contributed by atoms with Crippen LogP contribution in [0.2, 0.25) is 0 Å². The molecule has 0 bridgehead atoms. The molecule has 1 aromatic rings. The van der Waals surface area contributed by atoms with Gasteiger partial charge in [-0.15, -0.1) is 0 Å². The van der Waals surface area contributed by atoms with Gasteiger partial charge in [-0.2, -0.15) is 0 Å². The Morgan fingerprint density at radius 1 is 1.16 bits per heavy atom. The normalized spacial score (nSPS) is 17.7. The summed E-state index contributed by atoms with van der Waals surface area (Å²) in [7, 11) is 0. The predicted molar refractivity (Wildman–Crippen MR) is 81.3 cm³/mol. The first-order chi connectivity index (χ1) is 9.38. The van der Waals surface area contributed by atoms with E-state index < -0.39 is 0 Å². The first kappa shape index (κ1) is 14.5. The van der Waals surface area contributed by atoms with Crippen LogP contribution in [0, 0.1) is 0 Å². The van der Waals surface area contributed by atoms with Crippen LogP contribution in [-0.2, 0) is 6.42 Å². The summed E-state index contributed by atoms with van der Waals surface area (Å²) in [5.41, 5.74) is 6.96. The largest absolute Gasteiger partial charge is 0.330 e. The highest BCUT2D eigenvalue weighted by molar-refractivity contribution is 5.14. The minimum atomic E-state index is 0.708. The molecule has 19 heavy (non-hydrogen) atoms. The van der Waals surface area contributed by atoms with Crippen molar-refractivity contribution in [3.63, 3.8) is 0 Å². The minimum absolute atomic E-state index is 0.708. The second-order valence-electron chi connectivity index (χ2n) is 5.45. The number of nitrogens with zero attached hydrogens (tertiary/aromatic N) is 1. The third-order valence-electron chi connectivity index (χ3n) is 3.96. The number of nitrogens with one attached hydrogen (secondary N) is 1. The van der Waals surface area contributed by atoms with E-state index in [0.717, 1.165) is 19.5 Å². The van der Waals surface area contributed by atoms with Gasteiger partial charge in [0, 0.05) is 12.6 Å². The summed E-state index contributed by atoms with van der Waals surface area (Å²) >= 11 is 0. The molecule has 1 aliphatic heterocycles. The maximum atomic E-state index is 5.51. The number of rotatable bonds is 7. The van der Waals surface area contributed by atoms with Gasteiger partial charge in [0.2, 0.25) is 0 Å². The van der Waals surface area contributed by atoms with Crippen molar-refractivity contribution in [2.75, 3.05) is 32.7 Å². The Labute approximate surface area is 117 Å². The monoisotopic (exact) mass is 261 g/mol. The molecule has 2 rings (SSSR count). The lowest BCUT2D eigenvalue weighted by molar-refractivity contribution is 0.200. The average Bonchev–Trinajstić information content (AvgIpc) is 2.48. The maximum absolute atomic E-state index is 5.51. The zero-order chi connectivity index (χ0) is 13.3. The van der Waals surface area contributed by atoms with Crippen LogP contribution >= 0.6 is 0 Å². The summed E-state index contributed by atoms with van der Waals surface area (Å²) in [6, 6.07) is 11.5. The number of hydrogen-bond acceptors (Lipinski definition) is 3. The van der Waals surface area contributed by atoms with Gasteiger partial charge in [-0.1, -0.05) is 30.3 Å². The van der Waals surface area contributed by atoms with Crippen LogP contribution < -0.4 is 11.1 Å². The molecule has 1 saturated heterocycles. The smallest absolute Gasteiger partial charge is 0.00914 e. The summed E-state index contributed by atoms with van der Waals surface area (Å²) in [4.78, 5) is 2.59. The Hall–Kier alpha value is -0.900. The minimum Gasteiger partial charge on any atom is -0.330 e. The van der Waals surface area contributed by atoms with Crippen LogP contribution in [0.15, 0.2) is 30.3 Å². The third-order valence-corrected chi connectivity index (χ3v) is 3.96. The quantitative estimate of drug-likeness (QED) is 0.733. The zero-order valence-electron chi connectivity index (χ0n) is 11.9. The molecule has 0 aliphatic carbocycles. The molecule has 0 spiro atoms. The molecule has 3 N–H and O–H groups in total. The molecule has 0 radical (unpaired) electrons. The molecule has 0 atom stereocenters. The van der Waals surface area contributed by atoms with E-state index in [0.29, 0.717) is 6.04 Å². The molecule has 0 aromatic heterocycles. The Balaban J connectivity index is 1.61. The summed E-state index contributed by atoms with van der Waals surface area (Å²) < 4.78 is 0. The van der Waals surface area contributed by atoms with E-state index in [1.807, 2.05) is 0 Å². The molecule has 106 valence electrons. The Kier molecular flexibility index (Phi) is 6.34. The van der Waals surface area contributed by atoms with Crippen molar-refractivity contribution < 1.29 is 0 Å². The fraction of sp³-hybridized carbons (Fsp3) is 0.625. The van der Waals surface area contributed by atoms with Crippen molar-refractivity contribution in [3.8, 4) is 0 Å². The van der Waals surface area contributed by atoms with Crippen molar-refractivity contribution in [3.05, 3.63) is 35.9 Å². The molecule has 0 unspecified atom stereocenters. The molecule has 1 heterocycles. The fourth-order valence-corrected chi connectivity index (χ4v) is 2.70. The maximum Gasteiger partial charge on any atom is 0.00914 e. The topological polar surface area (TPSA) is 41.3 Å². The molecule has 3 nitrogen and oxygen atoms in total. The summed E-state index contributed by atoms with van der Waals surface area (Å²) in [5, 5.41) is 3.61. The van der Waals surface area contributed by atoms with E-state index in [2.05, 4.69) is 40.5 Å².